The zero-order valence-electron chi connectivity index (χ0n) is 11.3. The average Bonchev–Trinajstić information content (AvgIpc) is 2.71. The fraction of sp³-hybridized carbons (Fsp3) is 0.786. The van der Waals surface area contributed by atoms with Gasteiger partial charge in [-0.2, -0.15) is 11.8 Å². The highest BCUT2D eigenvalue weighted by Gasteiger charge is 2.41. The van der Waals surface area contributed by atoms with Crippen LogP contribution in [0.25, 0.3) is 0 Å². The maximum atomic E-state index is 6.70. The molecular formula is C14H22N2S2. The Labute approximate surface area is 118 Å². The van der Waals surface area contributed by atoms with Gasteiger partial charge in [-0.1, -0.05) is 13.8 Å². The molecule has 1 aromatic rings. The van der Waals surface area contributed by atoms with E-state index in [-0.39, 0.29) is 5.54 Å². The SMILES string of the molecule is CC1(C)CSCC(N)(c2nc3c(s2)CCCC3)C1. The molecule has 4 heteroatoms. The van der Waals surface area contributed by atoms with E-state index in [2.05, 4.69) is 13.8 Å². The minimum Gasteiger partial charge on any atom is -0.319 e. The minimum atomic E-state index is -0.186. The van der Waals surface area contributed by atoms with Crippen molar-refractivity contribution in [2.45, 2.75) is 51.5 Å². The molecule has 1 fully saturated rings. The molecule has 1 unspecified atom stereocenters. The number of hydrogen-bond donors (Lipinski definition) is 1. The third kappa shape index (κ3) is 2.35. The summed E-state index contributed by atoms with van der Waals surface area (Å²) in [5.74, 6) is 2.25. The molecule has 2 heterocycles. The zero-order chi connectivity index (χ0) is 12.8. The van der Waals surface area contributed by atoms with Crippen molar-refractivity contribution in [3.05, 3.63) is 15.6 Å². The van der Waals surface area contributed by atoms with Crippen LogP contribution in [-0.2, 0) is 18.4 Å². The lowest BCUT2D eigenvalue weighted by Gasteiger charge is -2.40. The average molecular weight is 282 g/mol. The summed E-state index contributed by atoms with van der Waals surface area (Å²) in [6.45, 7) is 4.66. The summed E-state index contributed by atoms with van der Waals surface area (Å²) in [5.41, 5.74) is 8.19. The molecule has 1 aromatic heterocycles. The van der Waals surface area contributed by atoms with Gasteiger partial charge in [0.2, 0.25) is 0 Å². The Morgan fingerprint density at radius 1 is 1.17 bits per heavy atom. The van der Waals surface area contributed by atoms with Crippen LogP contribution in [0, 0.1) is 5.41 Å². The van der Waals surface area contributed by atoms with Crippen LogP contribution >= 0.6 is 23.1 Å². The van der Waals surface area contributed by atoms with Crippen LogP contribution in [0.3, 0.4) is 0 Å². The van der Waals surface area contributed by atoms with E-state index in [0.29, 0.717) is 5.41 Å². The Kier molecular flexibility index (Phi) is 3.23. The van der Waals surface area contributed by atoms with Gasteiger partial charge >= 0.3 is 0 Å². The number of nitrogens with zero attached hydrogens (tertiary/aromatic N) is 1. The summed E-state index contributed by atoms with van der Waals surface area (Å²) < 4.78 is 0. The fourth-order valence-corrected chi connectivity index (χ4v) is 5.87. The van der Waals surface area contributed by atoms with Crippen molar-refractivity contribution in [3.63, 3.8) is 0 Å². The predicted molar refractivity (Wildman–Crippen MR) is 80.3 cm³/mol. The van der Waals surface area contributed by atoms with Crippen LogP contribution in [0.2, 0.25) is 0 Å². The van der Waals surface area contributed by atoms with Gasteiger partial charge in [0.05, 0.1) is 11.2 Å². The van der Waals surface area contributed by atoms with Crippen LogP contribution in [0.4, 0.5) is 0 Å². The summed E-state index contributed by atoms with van der Waals surface area (Å²) in [7, 11) is 0. The topological polar surface area (TPSA) is 38.9 Å². The molecule has 1 aliphatic carbocycles. The first-order chi connectivity index (χ1) is 8.49. The zero-order valence-corrected chi connectivity index (χ0v) is 12.9. The molecule has 18 heavy (non-hydrogen) atoms. The molecule has 100 valence electrons. The van der Waals surface area contributed by atoms with Crippen LogP contribution in [0.1, 0.15) is 48.7 Å². The maximum Gasteiger partial charge on any atom is 0.114 e. The van der Waals surface area contributed by atoms with E-state index in [1.165, 1.54) is 47.0 Å². The predicted octanol–water partition coefficient (Wildman–Crippen LogP) is 3.34. The van der Waals surface area contributed by atoms with E-state index in [4.69, 9.17) is 10.7 Å². The highest BCUT2D eigenvalue weighted by atomic mass is 32.2. The molecule has 1 aliphatic heterocycles. The van der Waals surface area contributed by atoms with Gasteiger partial charge in [-0.25, -0.2) is 4.98 Å². The van der Waals surface area contributed by atoms with Gasteiger partial charge in [0.15, 0.2) is 0 Å². The minimum absolute atomic E-state index is 0.186. The molecule has 2 nitrogen and oxygen atoms in total. The number of thiazole rings is 1. The van der Waals surface area contributed by atoms with E-state index in [0.717, 1.165) is 12.2 Å². The molecule has 0 spiro atoms. The second kappa shape index (κ2) is 4.50. The van der Waals surface area contributed by atoms with E-state index in [9.17, 15) is 0 Å². The molecule has 1 saturated heterocycles. The number of aromatic nitrogens is 1. The Morgan fingerprint density at radius 2 is 1.94 bits per heavy atom. The highest BCUT2D eigenvalue weighted by Crippen LogP contribution is 2.44. The van der Waals surface area contributed by atoms with Gasteiger partial charge in [0, 0.05) is 10.6 Å². The quantitative estimate of drug-likeness (QED) is 0.858. The molecule has 0 amide bonds. The molecule has 0 bridgehead atoms. The van der Waals surface area contributed by atoms with Crippen molar-refractivity contribution < 1.29 is 0 Å². The van der Waals surface area contributed by atoms with Crippen molar-refractivity contribution in [3.8, 4) is 0 Å². The lowest BCUT2D eigenvalue weighted by atomic mass is 9.80. The van der Waals surface area contributed by atoms with E-state index in [1.807, 2.05) is 23.1 Å². The van der Waals surface area contributed by atoms with Crippen molar-refractivity contribution in [2.75, 3.05) is 11.5 Å². The molecule has 0 saturated carbocycles. The number of fused-ring (bicyclic) bond motifs is 1. The first-order valence-electron chi connectivity index (χ1n) is 6.84. The molecule has 3 rings (SSSR count). The second-order valence-electron chi connectivity index (χ2n) is 6.59. The molecule has 0 aromatic carbocycles. The smallest absolute Gasteiger partial charge is 0.114 e. The molecule has 2 aliphatic rings. The number of hydrogen-bond acceptors (Lipinski definition) is 4. The lowest BCUT2D eigenvalue weighted by Crippen LogP contribution is -2.47. The van der Waals surface area contributed by atoms with Crippen molar-refractivity contribution in [1.82, 2.24) is 4.98 Å². The third-order valence-corrected chi connectivity index (χ3v) is 7.00. The normalized spacial score (nSPS) is 31.1. The maximum absolute atomic E-state index is 6.70. The van der Waals surface area contributed by atoms with E-state index in [1.54, 1.807) is 0 Å². The number of rotatable bonds is 1. The Bertz CT molecular complexity index is 429. The number of thioether (sulfide) groups is 1. The Morgan fingerprint density at radius 3 is 2.67 bits per heavy atom. The van der Waals surface area contributed by atoms with Crippen LogP contribution in [0.5, 0.6) is 0 Å². The third-order valence-electron chi connectivity index (χ3n) is 3.92. The summed E-state index contributed by atoms with van der Waals surface area (Å²) >= 11 is 3.88. The van der Waals surface area contributed by atoms with E-state index < -0.39 is 0 Å². The van der Waals surface area contributed by atoms with Crippen LogP contribution in [-0.4, -0.2) is 16.5 Å². The van der Waals surface area contributed by atoms with Gasteiger partial charge in [-0.15, -0.1) is 11.3 Å². The Hall–Kier alpha value is -0.0600. The van der Waals surface area contributed by atoms with Crippen molar-refractivity contribution in [2.24, 2.45) is 11.1 Å². The Balaban J connectivity index is 1.91. The molecule has 2 N–H and O–H groups in total. The van der Waals surface area contributed by atoms with Gasteiger partial charge in [0.1, 0.15) is 5.01 Å². The van der Waals surface area contributed by atoms with E-state index >= 15 is 0 Å². The van der Waals surface area contributed by atoms with Gasteiger partial charge in [-0.3, -0.25) is 0 Å². The second-order valence-corrected chi connectivity index (χ2v) is 8.66. The standard InChI is InChI=1S/C14H22N2S2/c1-13(2)7-14(15,9-17-8-13)12-16-10-5-3-4-6-11(10)18-12/h3-9,15H2,1-2H3. The molecular weight excluding hydrogens is 260 g/mol. The van der Waals surface area contributed by atoms with Crippen LogP contribution < -0.4 is 5.73 Å². The largest absolute Gasteiger partial charge is 0.319 e. The lowest BCUT2D eigenvalue weighted by molar-refractivity contribution is 0.270. The van der Waals surface area contributed by atoms with Crippen LogP contribution in [0.15, 0.2) is 0 Å². The monoisotopic (exact) mass is 282 g/mol. The first kappa shape index (κ1) is 12.9. The summed E-state index contributed by atoms with van der Waals surface area (Å²) in [5, 5.41) is 1.20. The molecule has 0 radical (unpaired) electrons. The number of nitrogens with two attached hydrogens (primary N) is 1. The van der Waals surface area contributed by atoms with Gasteiger partial charge in [-0.05, 0) is 43.3 Å². The van der Waals surface area contributed by atoms with Gasteiger partial charge in [0.25, 0.3) is 0 Å². The highest BCUT2D eigenvalue weighted by molar-refractivity contribution is 7.99. The fourth-order valence-electron chi connectivity index (χ4n) is 3.17. The molecule has 1 atom stereocenters. The van der Waals surface area contributed by atoms with Crippen molar-refractivity contribution >= 4 is 23.1 Å². The number of aryl methyl sites for hydroxylation is 2. The van der Waals surface area contributed by atoms with Crippen molar-refractivity contribution in [1.29, 1.82) is 0 Å². The summed E-state index contributed by atoms with van der Waals surface area (Å²) in [6.07, 6.45) is 6.08. The first-order valence-corrected chi connectivity index (χ1v) is 8.81. The summed E-state index contributed by atoms with van der Waals surface area (Å²) in [4.78, 5) is 6.40. The summed E-state index contributed by atoms with van der Waals surface area (Å²) in [6, 6.07) is 0. The van der Waals surface area contributed by atoms with Gasteiger partial charge < -0.3 is 5.73 Å².